The number of halogens is 1. The molecule has 0 saturated heterocycles. The van der Waals surface area contributed by atoms with Crippen molar-refractivity contribution >= 4 is 45.5 Å². The number of nitrogens with one attached hydrogen (secondary N) is 3. The molecule has 0 heterocycles. The number of anilines is 4. The van der Waals surface area contributed by atoms with Crippen molar-refractivity contribution in [3.05, 3.63) is 114 Å². The van der Waals surface area contributed by atoms with Gasteiger partial charge in [-0.2, -0.15) is 0 Å². The van der Waals surface area contributed by atoms with Gasteiger partial charge in [-0.1, -0.05) is 24.3 Å². The number of benzene rings is 4. The first-order valence-electron chi connectivity index (χ1n) is 11.0. The molecule has 0 bridgehead atoms. The van der Waals surface area contributed by atoms with Crippen LogP contribution in [0.5, 0.6) is 0 Å². The second-order valence-corrected chi connectivity index (χ2v) is 9.08. The maximum Gasteiger partial charge on any atom is 0.255 e. The molecular weight excluding hydrogens is 479 g/mol. The molecule has 0 aliphatic rings. The zero-order valence-electron chi connectivity index (χ0n) is 19.0. The fourth-order valence-electron chi connectivity index (χ4n) is 3.38. The number of hydrogen-bond acceptors (Lipinski definition) is 4. The Kier molecular flexibility index (Phi) is 7.72. The van der Waals surface area contributed by atoms with E-state index < -0.39 is 22.7 Å². The molecule has 1 unspecified atom stereocenters. The molecule has 4 aromatic rings. The second kappa shape index (κ2) is 11.3. The quantitative estimate of drug-likeness (QED) is 0.255. The predicted molar refractivity (Wildman–Crippen MR) is 140 cm³/mol. The van der Waals surface area contributed by atoms with E-state index in [1.165, 1.54) is 24.3 Å². The van der Waals surface area contributed by atoms with Crippen molar-refractivity contribution in [2.75, 3.05) is 21.1 Å². The first kappa shape index (κ1) is 24.6. The average molecular weight is 503 g/mol. The van der Waals surface area contributed by atoms with Gasteiger partial charge in [0.2, 0.25) is 5.91 Å². The molecule has 0 radical (unpaired) electrons. The minimum absolute atomic E-state index is 0.104. The highest BCUT2D eigenvalue weighted by atomic mass is 32.2. The van der Waals surface area contributed by atoms with Crippen LogP contribution in [0.1, 0.15) is 15.9 Å². The molecule has 0 aliphatic heterocycles. The van der Waals surface area contributed by atoms with Gasteiger partial charge in [-0.15, -0.1) is 0 Å². The van der Waals surface area contributed by atoms with E-state index in [-0.39, 0.29) is 12.3 Å². The van der Waals surface area contributed by atoms with Crippen LogP contribution in [0, 0.1) is 5.82 Å². The number of hydrogen-bond donors (Lipinski definition) is 4. The van der Waals surface area contributed by atoms with E-state index in [0.717, 1.165) is 5.69 Å². The Morgan fingerprint density at radius 3 is 2.25 bits per heavy atom. The lowest BCUT2D eigenvalue weighted by molar-refractivity contribution is -0.115. The first-order chi connectivity index (χ1) is 17.4. The highest BCUT2D eigenvalue weighted by molar-refractivity contribution is 7.86. The third-order valence-corrected chi connectivity index (χ3v) is 6.30. The van der Waals surface area contributed by atoms with Crippen LogP contribution >= 0.6 is 0 Å². The summed E-state index contributed by atoms with van der Waals surface area (Å²) in [5.74, 6) is -1.24. The zero-order valence-corrected chi connectivity index (χ0v) is 19.8. The number of amides is 2. The fourth-order valence-corrected chi connectivity index (χ4v) is 4.23. The normalized spacial score (nSPS) is 11.4. The van der Waals surface area contributed by atoms with Crippen LogP contribution in [0.2, 0.25) is 0 Å². The minimum atomic E-state index is -1.45. The molecule has 0 fully saturated rings. The van der Waals surface area contributed by atoms with Gasteiger partial charge in [0.05, 0.1) is 11.3 Å². The van der Waals surface area contributed by atoms with E-state index in [0.29, 0.717) is 33.1 Å². The van der Waals surface area contributed by atoms with Crippen molar-refractivity contribution in [3.63, 3.8) is 0 Å². The smallest absolute Gasteiger partial charge is 0.255 e. The number of para-hydroxylation sites is 1. The van der Waals surface area contributed by atoms with Gasteiger partial charge >= 0.3 is 0 Å². The summed E-state index contributed by atoms with van der Waals surface area (Å²) in [6.07, 6.45) is -0.104. The molecule has 1 atom stereocenters. The fraction of sp³-hybridized carbons (Fsp3) is 0.0370. The van der Waals surface area contributed by atoms with Crippen LogP contribution < -0.4 is 21.1 Å². The Morgan fingerprint density at radius 1 is 0.778 bits per heavy atom. The third kappa shape index (κ3) is 6.55. The Balaban J connectivity index is 1.36. The Morgan fingerprint density at radius 2 is 1.50 bits per heavy atom. The zero-order chi connectivity index (χ0) is 25.5. The van der Waals surface area contributed by atoms with Crippen molar-refractivity contribution in [3.8, 4) is 0 Å². The monoisotopic (exact) mass is 502 g/mol. The molecule has 9 heteroatoms. The predicted octanol–water partition coefficient (Wildman–Crippen LogP) is 4.98. The van der Waals surface area contributed by atoms with Gasteiger partial charge in [0.1, 0.15) is 16.8 Å². The van der Waals surface area contributed by atoms with Crippen molar-refractivity contribution in [2.24, 2.45) is 0 Å². The number of nitrogens with two attached hydrogens (primary N) is 1. The van der Waals surface area contributed by atoms with Crippen LogP contribution in [0.4, 0.5) is 27.1 Å². The topological polar surface area (TPSA) is 113 Å². The summed E-state index contributed by atoms with van der Waals surface area (Å²) in [6, 6.07) is 26.1. The number of rotatable bonds is 8. The Labute approximate surface area is 210 Å². The van der Waals surface area contributed by atoms with Crippen LogP contribution in [-0.2, 0) is 22.2 Å². The van der Waals surface area contributed by atoms with Crippen LogP contribution in [0.3, 0.4) is 0 Å². The van der Waals surface area contributed by atoms with Gasteiger partial charge in [0.15, 0.2) is 0 Å². The van der Waals surface area contributed by atoms with Gasteiger partial charge < -0.3 is 21.1 Å². The van der Waals surface area contributed by atoms with Crippen molar-refractivity contribution < 1.29 is 18.2 Å². The molecule has 182 valence electrons. The first-order valence-corrected chi connectivity index (χ1v) is 12.1. The summed E-state index contributed by atoms with van der Waals surface area (Å²) >= 11 is 0. The molecule has 0 spiro atoms. The number of carbonyl (C=O) groups is 2. The van der Waals surface area contributed by atoms with Gasteiger partial charge in [0, 0.05) is 28.3 Å². The Hall–Kier alpha value is -4.50. The SMILES string of the molecule is Nc1ccc(F)cc1CC(=O)Nc1cccc(C(=O)Nc2ccc(S(=O)Nc3ccccc3)cc2)c1. The van der Waals surface area contributed by atoms with Gasteiger partial charge in [-0.05, 0) is 78.4 Å². The molecule has 36 heavy (non-hydrogen) atoms. The maximum absolute atomic E-state index is 13.4. The molecule has 0 aromatic heterocycles. The number of nitrogen functional groups attached to an aromatic ring is 1. The highest BCUT2D eigenvalue weighted by Gasteiger charge is 2.12. The lowest BCUT2D eigenvalue weighted by atomic mass is 10.1. The molecule has 0 aliphatic carbocycles. The van der Waals surface area contributed by atoms with Crippen LogP contribution in [-0.4, -0.2) is 16.0 Å². The van der Waals surface area contributed by atoms with Crippen molar-refractivity contribution in [1.29, 1.82) is 0 Å². The van der Waals surface area contributed by atoms with Gasteiger partial charge in [-0.3, -0.25) is 9.59 Å². The van der Waals surface area contributed by atoms with E-state index in [4.69, 9.17) is 5.73 Å². The van der Waals surface area contributed by atoms with Gasteiger partial charge in [-0.25, -0.2) is 8.60 Å². The number of carbonyl (C=O) groups excluding carboxylic acids is 2. The lowest BCUT2D eigenvalue weighted by Crippen LogP contribution is -2.17. The van der Waals surface area contributed by atoms with E-state index in [1.807, 2.05) is 30.3 Å². The van der Waals surface area contributed by atoms with E-state index in [2.05, 4.69) is 15.4 Å². The molecule has 5 N–H and O–H groups in total. The van der Waals surface area contributed by atoms with E-state index in [9.17, 15) is 18.2 Å². The molecule has 2 amide bonds. The van der Waals surface area contributed by atoms with E-state index in [1.54, 1.807) is 42.5 Å². The molecule has 0 saturated carbocycles. The summed E-state index contributed by atoms with van der Waals surface area (Å²) < 4.78 is 28.9. The van der Waals surface area contributed by atoms with Crippen LogP contribution in [0.15, 0.2) is 102 Å². The molecule has 7 nitrogen and oxygen atoms in total. The largest absolute Gasteiger partial charge is 0.398 e. The third-order valence-electron chi connectivity index (χ3n) is 5.18. The summed E-state index contributed by atoms with van der Waals surface area (Å²) in [6.45, 7) is 0. The second-order valence-electron chi connectivity index (χ2n) is 7.86. The molecule has 4 rings (SSSR count). The minimum Gasteiger partial charge on any atom is -0.398 e. The van der Waals surface area contributed by atoms with Crippen molar-refractivity contribution in [2.45, 2.75) is 11.3 Å². The standard InChI is InChI=1S/C27H23FN4O3S/c28-20-9-14-25(29)19(15-20)17-26(33)30-23-8-4-5-18(16-23)27(34)31-21-10-12-24(13-11-21)36(35)32-22-6-2-1-3-7-22/h1-16,32H,17,29H2,(H,30,33)(H,31,34). The summed E-state index contributed by atoms with van der Waals surface area (Å²) in [5, 5.41) is 5.48. The summed E-state index contributed by atoms with van der Waals surface area (Å²) in [5.41, 5.74) is 8.52. The maximum atomic E-state index is 13.4. The van der Waals surface area contributed by atoms with Crippen LogP contribution in [0.25, 0.3) is 0 Å². The highest BCUT2D eigenvalue weighted by Crippen LogP contribution is 2.19. The molecule has 4 aromatic carbocycles. The average Bonchev–Trinajstić information content (AvgIpc) is 2.87. The van der Waals surface area contributed by atoms with Crippen molar-refractivity contribution in [1.82, 2.24) is 0 Å². The summed E-state index contributed by atoms with van der Waals surface area (Å²) in [7, 11) is -1.45. The summed E-state index contributed by atoms with van der Waals surface area (Å²) in [4.78, 5) is 25.7. The lowest BCUT2D eigenvalue weighted by Gasteiger charge is -2.10. The van der Waals surface area contributed by atoms with Gasteiger partial charge in [0.25, 0.3) is 5.91 Å². The Bertz CT molecular complexity index is 1410. The molecular formula is C27H23FN4O3S. The van der Waals surface area contributed by atoms with E-state index >= 15 is 0 Å².